The van der Waals surface area contributed by atoms with Crippen molar-refractivity contribution in [3.8, 4) is 0 Å². The maximum atomic E-state index is 11.1. The lowest BCUT2D eigenvalue weighted by atomic mass is 9.94. The van der Waals surface area contributed by atoms with Crippen LogP contribution in [0.5, 0.6) is 0 Å². The van der Waals surface area contributed by atoms with Gasteiger partial charge in [-0.1, -0.05) is 41.9 Å². The fraction of sp³-hybridized carbons (Fsp3) is 0.900. The SMILES string of the molecule is CC(CI)N(C(=O)O)C1CCCCC1. The molecule has 1 amide bonds. The van der Waals surface area contributed by atoms with Crippen LogP contribution in [0, 0.1) is 0 Å². The Morgan fingerprint density at radius 2 is 2.07 bits per heavy atom. The van der Waals surface area contributed by atoms with Gasteiger partial charge in [0.2, 0.25) is 0 Å². The normalized spacial score (nSPS) is 20.4. The van der Waals surface area contributed by atoms with Gasteiger partial charge in [0.05, 0.1) is 0 Å². The molecule has 0 saturated heterocycles. The molecule has 1 fully saturated rings. The third kappa shape index (κ3) is 3.00. The number of hydrogen-bond donors (Lipinski definition) is 1. The minimum Gasteiger partial charge on any atom is -0.465 e. The van der Waals surface area contributed by atoms with Gasteiger partial charge in [-0.2, -0.15) is 0 Å². The second-order valence-corrected chi connectivity index (χ2v) is 4.87. The minimum atomic E-state index is -0.749. The van der Waals surface area contributed by atoms with Crippen molar-refractivity contribution in [3.63, 3.8) is 0 Å². The zero-order valence-corrected chi connectivity index (χ0v) is 10.7. The number of rotatable bonds is 3. The lowest BCUT2D eigenvalue weighted by Gasteiger charge is -2.35. The molecule has 1 saturated carbocycles. The van der Waals surface area contributed by atoms with Gasteiger partial charge >= 0.3 is 6.09 Å². The van der Waals surface area contributed by atoms with Gasteiger partial charge in [-0.3, -0.25) is 0 Å². The standard InChI is InChI=1S/C10H18INO2/c1-8(7-11)12(10(13)14)9-5-3-2-4-6-9/h8-9H,2-7H2,1H3,(H,13,14). The van der Waals surface area contributed by atoms with Gasteiger partial charge in [-0.15, -0.1) is 0 Å². The monoisotopic (exact) mass is 311 g/mol. The molecule has 0 heterocycles. The summed E-state index contributed by atoms with van der Waals surface area (Å²) in [4.78, 5) is 12.8. The van der Waals surface area contributed by atoms with Crippen LogP contribution in [0.4, 0.5) is 4.79 Å². The largest absolute Gasteiger partial charge is 0.465 e. The molecule has 0 aromatic rings. The summed E-state index contributed by atoms with van der Waals surface area (Å²) in [7, 11) is 0. The maximum absolute atomic E-state index is 11.1. The zero-order valence-electron chi connectivity index (χ0n) is 8.58. The van der Waals surface area contributed by atoms with Crippen molar-refractivity contribution in [2.24, 2.45) is 0 Å². The summed E-state index contributed by atoms with van der Waals surface area (Å²) in [5.74, 6) is 0. The first-order valence-corrected chi connectivity index (χ1v) is 6.76. The van der Waals surface area contributed by atoms with Gasteiger partial charge in [0.1, 0.15) is 0 Å². The van der Waals surface area contributed by atoms with Crippen molar-refractivity contribution in [3.05, 3.63) is 0 Å². The third-order valence-electron chi connectivity index (χ3n) is 2.89. The van der Waals surface area contributed by atoms with Crippen molar-refractivity contribution in [2.45, 2.75) is 51.1 Å². The van der Waals surface area contributed by atoms with Crippen molar-refractivity contribution in [1.82, 2.24) is 4.90 Å². The van der Waals surface area contributed by atoms with E-state index in [1.54, 1.807) is 4.90 Å². The number of carbonyl (C=O) groups is 1. The predicted molar refractivity (Wildman–Crippen MR) is 65.1 cm³/mol. The van der Waals surface area contributed by atoms with Crippen LogP contribution < -0.4 is 0 Å². The van der Waals surface area contributed by atoms with Crippen LogP contribution in [0.25, 0.3) is 0 Å². The number of hydrogen-bond acceptors (Lipinski definition) is 1. The summed E-state index contributed by atoms with van der Waals surface area (Å²) in [6.45, 7) is 2.00. The molecule has 1 aliphatic rings. The Kier molecular flexibility index (Phi) is 4.98. The van der Waals surface area contributed by atoms with Crippen LogP contribution in [0.15, 0.2) is 0 Å². The van der Waals surface area contributed by atoms with Crippen LogP contribution >= 0.6 is 22.6 Å². The van der Waals surface area contributed by atoms with Crippen LogP contribution in [-0.4, -0.2) is 32.6 Å². The molecule has 0 radical (unpaired) electrons. The van der Waals surface area contributed by atoms with Crippen LogP contribution in [0.2, 0.25) is 0 Å². The van der Waals surface area contributed by atoms with E-state index < -0.39 is 6.09 Å². The molecule has 1 aliphatic carbocycles. The van der Waals surface area contributed by atoms with Gasteiger partial charge in [-0.05, 0) is 19.8 Å². The lowest BCUT2D eigenvalue weighted by molar-refractivity contribution is 0.0950. The molecule has 0 aromatic carbocycles. The topological polar surface area (TPSA) is 40.5 Å². The van der Waals surface area contributed by atoms with Crippen molar-refractivity contribution < 1.29 is 9.90 Å². The fourth-order valence-corrected chi connectivity index (χ4v) is 2.56. The average Bonchev–Trinajstić information content (AvgIpc) is 2.19. The molecule has 4 heteroatoms. The fourth-order valence-electron chi connectivity index (χ4n) is 2.14. The Morgan fingerprint density at radius 3 is 2.50 bits per heavy atom. The zero-order chi connectivity index (χ0) is 10.6. The Bertz CT molecular complexity index is 193. The number of nitrogens with zero attached hydrogens (tertiary/aromatic N) is 1. The lowest BCUT2D eigenvalue weighted by Crippen LogP contribution is -2.46. The molecule has 0 bridgehead atoms. The van der Waals surface area contributed by atoms with Gasteiger partial charge in [0, 0.05) is 16.5 Å². The third-order valence-corrected chi connectivity index (χ3v) is 4.16. The predicted octanol–water partition coefficient (Wildman–Crippen LogP) is 3.12. The van der Waals surface area contributed by atoms with Gasteiger partial charge in [-0.25, -0.2) is 4.79 Å². The Morgan fingerprint density at radius 1 is 1.50 bits per heavy atom. The minimum absolute atomic E-state index is 0.149. The Hall–Kier alpha value is 0. The highest BCUT2D eigenvalue weighted by molar-refractivity contribution is 14.1. The van der Waals surface area contributed by atoms with E-state index in [1.165, 1.54) is 19.3 Å². The van der Waals surface area contributed by atoms with E-state index >= 15 is 0 Å². The highest BCUT2D eigenvalue weighted by Crippen LogP contribution is 2.24. The molecular weight excluding hydrogens is 293 g/mol. The van der Waals surface area contributed by atoms with E-state index in [0.29, 0.717) is 0 Å². The molecule has 1 rings (SSSR count). The molecule has 0 aliphatic heterocycles. The first-order valence-electron chi connectivity index (χ1n) is 5.24. The van der Waals surface area contributed by atoms with Gasteiger partial charge in [0.25, 0.3) is 0 Å². The Balaban J connectivity index is 2.60. The highest BCUT2D eigenvalue weighted by Gasteiger charge is 2.28. The van der Waals surface area contributed by atoms with Crippen LogP contribution in [0.1, 0.15) is 39.0 Å². The number of amides is 1. The van der Waals surface area contributed by atoms with Crippen molar-refractivity contribution >= 4 is 28.7 Å². The summed E-state index contributed by atoms with van der Waals surface area (Å²) in [5.41, 5.74) is 0. The Labute approximate surface area is 99.0 Å². The summed E-state index contributed by atoms with van der Waals surface area (Å²) in [6.07, 6.45) is 4.98. The molecule has 0 aromatic heterocycles. The number of alkyl halides is 1. The summed E-state index contributed by atoms with van der Waals surface area (Å²) in [6, 6.07) is 0.419. The van der Waals surface area contributed by atoms with Crippen LogP contribution in [-0.2, 0) is 0 Å². The smallest absolute Gasteiger partial charge is 0.407 e. The second kappa shape index (κ2) is 5.78. The second-order valence-electron chi connectivity index (χ2n) is 3.99. The van der Waals surface area contributed by atoms with E-state index in [-0.39, 0.29) is 12.1 Å². The summed E-state index contributed by atoms with van der Waals surface area (Å²) < 4.78 is 0.876. The molecule has 14 heavy (non-hydrogen) atoms. The van der Waals surface area contributed by atoms with E-state index in [9.17, 15) is 4.79 Å². The molecule has 3 nitrogen and oxygen atoms in total. The van der Waals surface area contributed by atoms with Gasteiger partial charge < -0.3 is 10.0 Å². The molecule has 0 spiro atoms. The number of carboxylic acid groups (broad SMARTS) is 1. The van der Waals surface area contributed by atoms with E-state index in [4.69, 9.17) is 5.11 Å². The van der Waals surface area contributed by atoms with Crippen LogP contribution in [0.3, 0.4) is 0 Å². The average molecular weight is 311 g/mol. The highest BCUT2D eigenvalue weighted by atomic mass is 127. The molecule has 82 valence electrons. The van der Waals surface area contributed by atoms with E-state index in [1.807, 2.05) is 6.92 Å². The summed E-state index contributed by atoms with van der Waals surface area (Å²) in [5, 5.41) is 9.15. The first-order chi connectivity index (χ1) is 6.66. The van der Waals surface area contributed by atoms with E-state index in [2.05, 4.69) is 22.6 Å². The van der Waals surface area contributed by atoms with E-state index in [0.717, 1.165) is 17.3 Å². The summed E-state index contributed by atoms with van der Waals surface area (Å²) >= 11 is 2.25. The molecule has 1 unspecified atom stereocenters. The molecule has 1 N–H and O–H groups in total. The first kappa shape index (κ1) is 12.1. The number of halogens is 1. The van der Waals surface area contributed by atoms with Crippen molar-refractivity contribution in [1.29, 1.82) is 0 Å². The maximum Gasteiger partial charge on any atom is 0.407 e. The molecular formula is C10H18INO2. The quantitative estimate of drug-likeness (QED) is 0.642. The van der Waals surface area contributed by atoms with Crippen molar-refractivity contribution in [2.75, 3.05) is 4.43 Å². The van der Waals surface area contributed by atoms with Gasteiger partial charge in [0.15, 0.2) is 0 Å². The molecule has 1 atom stereocenters.